The van der Waals surface area contributed by atoms with E-state index in [1.165, 1.54) is 23.8 Å². The Morgan fingerprint density at radius 3 is 2.35 bits per heavy atom. The van der Waals surface area contributed by atoms with E-state index in [1.807, 2.05) is 50.2 Å². The predicted octanol–water partition coefficient (Wildman–Crippen LogP) is 4.34. The third-order valence-electron chi connectivity index (χ3n) is 6.17. The van der Waals surface area contributed by atoms with Gasteiger partial charge < -0.3 is 9.84 Å². The molecule has 0 radical (unpaired) electrons. The first kappa shape index (κ1) is 26.2. The molecule has 37 heavy (non-hydrogen) atoms. The quantitative estimate of drug-likeness (QED) is 0.350. The molecular weight excluding hydrogens is 490 g/mol. The number of methoxy groups -OCH3 is 1. The van der Waals surface area contributed by atoms with Gasteiger partial charge in [-0.25, -0.2) is 8.42 Å². The summed E-state index contributed by atoms with van der Waals surface area (Å²) >= 11 is 0. The molecule has 192 valence electrons. The van der Waals surface area contributed by atoms with Crippen molar-refractivity contribution in [2.45, 2.75) is 42.5 Å². The van der Waals surface area contributed by atoms with Crippen LogP contribution in [-0.2, 0) is 21.0 Å². The van der Waals surface area contributed by atoms with E-state index in [9.17, 15) is 18.3 Å². The third-order valence-corrected chi connectivity index (χ3v) is 7.96. The molecule has 2 heterocycles. The maximum absolute atomic E-state index is 13.8. The number of rotatable bonds is 9. The van der Waals surface area contributed by atoms with Crippen molar-refractivity contribution in [3.63, 3.8) is 0 Å². The topological polar surface area (TPSA) is 111 Å². The van der Waals surface area contributed by atoms with E-state index in [0.717, 1.165) is 22.4 Å². The lowest BCUT2D eigenvalue weighted by Gasteiger charge is -2.23. The van der Waals surface area contributed by atoms with Crippen molar-refractivity contribution in [2.75, 3.05) is 13.7 Å². The van der Waals surface area contributed by atoms with Gasteiger partial charge in [0.05, 0.1) is 17.5 Å². The zero-order valence-electron chi connectivity index (χ0n) is 21.0. The van der Waals surface area contributed by atoms with Gasteiger partial charge in [-0.05, 0) is 42.7 Å². The van der Waals surface area contributed by atoms with E-state index in [1.54, 1.807) is 24.4 Å². The molecule has 0 saturated carbocycles. The van der Waals surface area contributed by atoms with Crippen molar-refractivity contribution in [2.24, 2.45) is 0 Å². The zero-order valence-corrected chi connectivity index (χ0v) is 21.8. The van der Waals surface area contributed by atoms with Gasteiger partial charge in [0.1, 0.15) is 5.82 Å². The van der Waals surface area contributed by atoms with Crippen LogP contribution in [0.3, 0.4) is 0 Å². The summed E-state index contributed by atoms with van der Waals surface area (Å²) < 4.78 is 34.1. The van der Waals surface area contributed by atoms with Crippen LogP contribution in [-0.4, -0.2) is 41.8 Å². The fourth-order valence-corrected chi connectivity index (χ4v) is 5.72. The highest BCUT2D eigenvalue weighted by Crippen LogP contribution is 2.29. The molecule has 0 spiro atoms. The minimum atomic E-state index is -4.40. The van der Waals surface area contributed by atoms with Gasteiger partial charge in [-0.1, -0.05) is 55.5 Å². The SMILES string of the molecule is CCCc1nc(O)c(S(=O)(=O)c2ccc(-c3cccnc3C)cc2)c(=O)n1C(COC)c1ccccc1. The van der Waals surface area contributed by atoms with Gasteiger partial charge in [-0.2, -0.15) is 4.98 Å². The molecule has 0 saturated heterocycles. The van der Waals surface area contributed by atoms with Crippen LogP contribution in [0.5, 0.6) is 5.88 Å². The Balaban J connectivity index is 1.87. The van der Waals surface area contributed by atoms with Crippen LogP contribution in [0.2, 0.25) is 0 Å². The fourth-order valence-electron chi connectivity index (χ4n) is 4.38. The molecule has 2 aromatic heterocycles. The molecule has 0 amide bonds. The lowest BCUT2D eigenvalue weighted by atomic mass is 10.1. The van der Waals surface area contributed by atoms with E-state index in [4.69, 9.17) is 4.74 Å². The first-order valence-corrected chi connectivity index (χ1v) is 13.4. The van der Waals surface area contributed by atoms with E-state index in [0.29, 0.717) is 12.8 Å². The van der Waals surface area contributed by atoms with Crippen molar-refractivity contribution in [1.29, 1.82) is 0 Å². The summed E-state index contributed by atoms with van der Waals surface area (Å²) in [5, 5.41) is 10.7. The van der Waals surface area contributed by atoms with Crippen LogP contribution < -0.4 is 5.56 Å². The van der Waals surface area contributed by atoms with E-state index in [2.05, 4.69) is 9.97 Å². The van der Waals surface area contributed by atoms with Crippen LogP contribution in [0.1, 0.15) is 36.5 Å². The molecular formula is C28H29N3O5S. The number of aryl methyl sites for hydroxylation is 2. The zero-order chi connectivity index (χ0) is 26.6. The Bertz CT molecular complexity index is 1550. The molecule has 1 unspecified atom stereocenters. The number of pyridine rings is 1. The van der Waals surface area contributed by atoms with Crippen LogP contribution >= 0.6 is 0 Å². The molecule has 0 fully saturated rings. The first-order chi connectivity index (χ1) is 17.8. The second-order valence-electron chi connectivity index (χ2n) is 8.65. The molecule has 0 aliphatic carbocycles. The minimum absolute atomic E-state index is 0.117. The lowest BCUT2D eigenvalue weighted by molar-refractivity contribution is 0.165. The van der Waals surface area contributed by atoms with Gasteiger partial charge in [-0.15, -0.1) is 0 Å². The van der Waals surface area contributed by atoms with Crippen LogP contribution in [0.15, 0.2) is 87.5 Å². The number of aromatic hydroxyl groups is 1. The maximum atomic E-state index is 13.8. The minimum Gasteiger partial charge on any atom is -0.492 e. The standard InChI is InChI=1S/C28H29N3O5S/c1-4-9-25-30-27(32)26(28(33)31(25)24(18-36-3)21-10-6-5-7-11-21)37(34,35)22-15-13-20(14-16-22)23-12-8-17-29-19(23)2/h5-8,10-17,24,32H,4,9,18H2,1-3H3. The van der Waals surface area contributed by atoms with E-state index >= 15 is 0 Å². The summed E-state index contributed by atoms with van der Waals surface area (Å²) in [7, 11) is -2.89. The molecule has 4 rings (SSSR count). The highest BCUT2D eigenvalue weighted by Gasteiger charge is 2.32. The van der Waals surface area contributed by atoms with Crippen LogP contribution in [0.25, 0.3) is 11.1 Å². The highest BCUT2D eigenvalue weighted by atomic mass is 32.2. The molecule has 0 aliphatic heterocycles. The molecule has 8 nitrogen and oxygen atoms in total. The van der Waals surface area contributed by atoms with Crippen molar-refractivity contribution in [3.8, 4) is 17.0 Å². The van der Waals surface area contributed by atoms with E-state index in [-0.39, 0.29) is 17.3 Å². The summed E-state index contributed by atoms with van der Waals surface area (Å²) in [6.07, 6.45) is 2.70. The fraction of sp³-hybridized carbons (Fsp3) is 0.250. The Hall–Kier alpha value is -3.82. The van der Waals surface area contributed by atoms with Gasteiger partial charge in [0.2, 0.25) is 15.7 Å². The predicted molar refractivity (Wildman–Crippen MR) is 140 cm³/mol. The smallest absolute Gasteiger partial charge is 0.277 e. The van der Waals surface area contributed by atoms with Crippen molar-refractivity contribution in [3.05, 3.63) is 100 Å². The normalized spacial score (nSPS) is 12.4. The maximum Gasteiger partial charge on any atom is 0.277 e. The second-order valence-corrected chi connectivity index (χ2v) is 10.5. The van der Waals surface area contributed by atoms with Gasteiger partial charge in [0, 0.05) is 31.0 Å². The Morgan fingerprint density at radius 2 is 1.73 bits per heavy atom. The van der Waals surface area contributed by atoms with E-state index < -0.39 is 32.2 Å². The van der Waals surface area contributed by atoms with Crippen LogP contribution in [0.4, 0.5) is 0 Å². The number of aromatic nitrogens is 3. The molecule has 9 heteroatoms. The summed E-state index contributed by atoms with van der Waals surface area (Å²) in [5.74, 6) is -0.515. The monoisotopic (exact) mass is 519 g/mol. The summed E-state index contributed by atoms with van der Waals surface area (Å²) in [4.78, 5) is 21.4. The Morgan fingerprint density at radius 1 is 1.03 bits per heavy atom. The van der Waals surface area contributed by atoms with Gasteiger partial charge in [-0.3, -0.25) is 14.3 Å². The van der Waals surface area contributed by atoms with Crippen molar-refractivity contribution < 1.29 is 18.3 Å². The lowest BCUT2D eigenvalue weighted by Crippen LogP contribution is -2.35. The number of ether oxygens (including phenoxy) is 1. The van der Waals surface area contributed by atoms with Gasteiger partial charge in [0.25, 0.3) is 5.56 Å². The number of hydrogen-bond donors (Lipinski definition) is 1. The molecule has 4 aromatic rings. The highest BCUT2D eigenvalue weighted by molar-refractivity contribution is 7.91. The second kappa shape index (κ2) is 11.1. The Labute approximate surface area is 216 Å². The molecule has 0 aliphatic rings. The summed E-state index contributed by atoms with van der Waals surface area (Å²) in [6, 6.07) is 18.4. The number of nitrogens with zero attached hydrogens (tertiary/aromatic N) is 3. The number of sulfone groups is 1. The van der Waals surface area contributed by atoms with Crippen LogP contribution in [0, 0.1) is 6.92 Å². The average Bonchev–Trinajstić information content (AvgIpc) is 2.89. The van der Waals surface area contributed by atoms with Crippen molar-refractivity contribution >= 4 is 9.84 Å². The van der Waals surface area contributed by atoms with Gasteiger partial charge >= 0.3 is 0 Å². The van der Waals surface area contributed by atoms with Crippen molar-refractivity contribution in [1.82, 2.24) is 14.5 Å². The average molecular weight is 520 g/mol. The molecule has 1 N–H and O–H groups in total. The number of hydrogen-bond acceptors (Lipinski definition) is 7. The molecule has 0 bridgehead atoms. The Kier molecular flexibility index (Phi) is 7.85. The first-order valence-electron chi connectivity index (χ1n) is 11.9. The third kappa shape index (κ3) is 5.19. The summed E-state index contributed by atoms with van der Waals surface area (Å²) in [6.45, 7) is 3.90. The largest absolute Gasteiger partial charge is 0.492 e. The molecule has 1 atom stereocenters. The van der Waals surface area contributed by atoms with Gasteiger partial charge in [0.15, 0.2) is 4.90 Å². The number of benzene rings is 2. The summed E-state index contributed by atoms with van der Waals surface area (Å²) in [5.41, 5.74) is 2.38. The molecule has 2 aromatic carbocycles.